The molecule has 0 bridgehead atoms. The van der Waals surface area contributed by atoms with Crippen molar-refractivity contribution in [2.45, 2.75) is 76.6 Å². The van der Waals surface area contributed by atoms with E-state index in [1.54, 1.807) is 30.9 Å². The maximum absolute atomic E-state index is 14.0. The van der Waals surface area contributed by atoms with Gasteiger partial charge in [0.15, 0.2) is 5.76 Å². The van der Waals surface area contributed by atoms with Gasteiger partial charge in [-0.05, 0) is 51.3 Å². The molecule has 9 heteroatoms. The molecule has 0 saturated heterocycles. The molecule has 1 spiro atoms. The number of nitrogens with one attached hydrogen (secondary N) is 2. The van der Waals surface area contributed by atoms with E-state index in [1.165, 1.54) is 0 Å². The quantitative estimate of drug-likeness (QED) is 0.364. The minimum absolute atomic E-state index is 0.0270. The van der Waals surface area contributed by atoms with Gasteiger partial charge in [0.2, 0.25) is 11.8 Å². The second-order valence-electron chi connectivity index (χ2n) is 11.4. The van der Waals surface area contributed by atoms with E-state index in [4.69, 9.17) is 15.2 Å². The number of likely N-dealkylation sites (N-methyl/N-ethyl adjacent to an activating group) is 1. The number of amides is 3. The van der Waals surface area contributed by atoms with Gasteiger partial charge in [-0.25, -0.2) is 0 Å². The van der Waals surface area contributed by atoms with Crippen LogP contribution in [0.2, 0.25) is 0 Å². The molecule has 1 aliphatic carbocycles. The Kier molecular flexibility index (Phi) is 9.83. The first-order chi connectivity index (χ1) is 19.6. The normalized spacial score (nSPS) is 17.2. The fraction of sp³-hybridized carbons (Fsp3) is 0.469. The van der Waals surface area contributed by atoms with Crippen LogP contribution < -0.4 is 21.1 Å². The highest BCUT2D eigenvalue weighted by Crippen LogP contribution is 2.40. The molecule has 2 aromatic rings. The molecule has 4 N–H and O–H groups in total. The lowest BCUT2D eigenvalue weighted by atomic mass is 9.77. The van der Waals surface area contributed by atoms with Crippen LogP contribution in [0.4, 0.5) is 0 Å². The minimum Gasteiger partial charge on any atom is -0.451 e. The van der Waals surface area contributed by atoms with Gasteiger partial charge >= 0.3 is 0 Å². The molecule has 1 atom stereocenters. The average molecular weight is 563 g/mol. The van der Waals surface area contributed by atoms with Crippen molar-refractivity contribution in [1.82, 2.24) is 15.5 Å². The zero-order chi connectivity index (χ0) is 29.5. The fourth-order valence-electron chi connectivity index (χ4n) is 5.37. The zero-order valence-electron chi connectivity index (χ0n) is 24.3. The standard InChI is InChI=1S/C32H42N4O5/c1-4-36(29(38)26(34-30(39)31(2,3)33)22-40-21-23-14-8-5-9-15-23)20-25-27(41-24-16-10-6-11-17-24)28(37)35-32(25)18-12-7-13-19-32/h5-6,8-11,14-17,26H,4,7,12-13,18-22,33H2,1-3H3,(H,34,39)(H,35,37)/t26-/m1/s1. The summed E-state index contributed by atoms with van der Waals surface area (Å²) in [6, 6.07) is 17.9. The third-order valence-corrected chi connectivity index (χ3v) is 7.71. The smallest absolute Gasteiger partial charge is 0.287 e. The number of carbonyl (C=O) groups is 3. The molecule has 220 valence electrons. The van der Waals surface area contributed by atoms with E-state index in [1.807, 2.05) is 55.5 Å². The number of nitrogens with zero attached hydrogens (tertiary/aromatic N) is 1. The Morgan fingerprint density at radius 3 is 2.29 bits per heavy atom. The maximum atomic E-state index is 14.0. The van der Waals surface area contributed by atoms with Gasteiger partial charge in [0, 0.05) is 18.7 Å². The summed E-state index contributed by atoms with van der Waals surface area (Å²) in [5, 5.41) is 6.01. The molecule has 0 radical (unpaired) electrons. The fourth-order valence-corrected chi connectivity index (χ4v) is 5.37. The van der Waals surface area contributed by atoms with Crippen LogP contribution in [-0.4, -0.2) is 59.4 Å². The van der Waals surface area contributed by atoms with Crippen molar-refractivity contribution in [3.05, 3.63) is 77.6 Å². The Hall–Kier alpha value is -3.69. The topological polar surface area (TPSA) is 123 Å². The average Bonchev–Trinajstić information content (AvgIpc) is 3.20. The van der Waals surface area contributed by atoms with E-state index in [-0.39, 0.29) is 30.7 Å². The summed E-state index contributed by atoms with van der Waals surface area (Å²) in [6.07, 6.45) is 4.60. The lowest BCUT2D eigenvalue weighted by Gasteiger charge is -2.38. The third-order valence-electron chi connectivity index (χ3n) is 7.71. The van der Waals surface area contributed by atoms with E-state index in [9.17, 15) is 14.4 Å². The van der Waals surface area contributed by atoms with Gasteiger partial charge in [0.25, 0.3) is 5.91 Å². The van der Waals surface area contributed by atoms with Crippen molar-refractivity contribution in [3.8, 4) is 5.75 Å². The van der Waals surface area contributed by atoms with E-state index in [2.05, 4.69) is 10.6 Å². The van der Waals surface area contributed by atoms with E-state index in [0.29, 0.717) is 18.9 Å². The summed E-state index contributed by atoms with van der Waals surface area (Å²) in [5.74, 6) is -0.232. The number of benzene rings is 2. The number of hydrogen-bond acceptors (Lipinski definition) is 6. The van der Waals surface area contributed by atoms with Crippen LogP contribution in [0.25, 0.3) is 0 Å². The highest BCUT2D eigenvalue weighted by molar-refractivity contribution is 5.98. The molecular formula is C32H42N4O5. The number of nitrogens with two attached hydrogens (primary N) is 1. The molecule has 1 aliphatic heterocycles. The number of hydrogen-bond donors (Lipinski definition) is 3. The first kappa shape index (κ1) is 30.3. The molecule has 0 aromatic heterocycles. The lowest BCUT2D eigenvalue weighted by molar-refractivity contribution is -0.139. The van der Waals surface area contributed by atoms with Gasteiger partial charge < -0.3 is 30.7 Å². The van der Waals surface area contributed by atoms with Gasteiger partial charge in [0.1, 0.15) is 11.8 Å². The van der Waals surface area contributed by atoms with E-state index < -0.39 is 23.0 Å². The number of rotatable bonds is 12. The summed E-state index contributed by atoms with van der Waals surface area (Å²) >= 11 is 0. The predicted molar refractivity (Wildman–Crippen MR) is 157 cm³/mol. The second-order valence-corrected chi connectivity index (χ2v) is 11.4. The molecular weight excluding hydrogens is 520 g/mol. The number of carbonyl (C=O) groups excluding carboxylic acids is 3. The van der Waals surface area contributed by atoms with Crippen molar-refractivity contribution in [1.29, 1.82) is 0 Å². The molecule has 1 saturated carbocycles. The van der Waals surface area contributed by atoms with E-state index in [0.717, 1.165) is 43.2 Å². The summed E-state index contributed by atoms with van der Waals surface area (Å²) in [4.78, 5) is 41.8. The summed E-state index contributed by atoms with van der Waals surface area (Å²) < 4.78 is 12.1. The summed E-state index contributed by atoms with van der Waals surface area (Å²) in [6.45, 7) is 5.88. The third kappa shape index (κ3) is 7.54. The van der Waals surface area contributed by atoms with Crippen LogP contribution in [0.5, 0.6) is 5.75 Å². The van der Waals surface area contributed by atoms with Crippen LogP contribution in [0.3, 0.4) is 0 Å². The monoisotopic (exact) mass is 562 g/mol. The molecule has 0 unspecified atom stereocenters. The van der Waals surface area contributed by atoms with Gasteiger partial charge in [-0.3, -0.25) is 14.4 Å². The van der Waals surface area contributed by atoms with Gasteiger partial charge in [-0.1, -0.05) is 67.8 Å². The highest BCUT2D eigenvalue weighted by atomic mass is 16.5. The zero-order valence-corrected chi connectivity index (χ0v) is 24.3. The van der Waals surface area contributed by atoms with Crippen LogP contribution >= 0.6 is 0 Å². The van der Waals surface area contributed by atoms with E-state index >= 15 is 0 Å². The minimum atomic E-state index is -1.18. The Labute approximate surface area is 242 Å². The van der Waals surface area contributed by atoms with Crippen LogP contribution in [-0.2, 0) is 25.7 Å². The predicted octanol–water partition coefficient (Wildman–Crippen LogP) is 3.44. The lowest BCUT2D eigenvalue weighted by Crippen LogP contribution is -2.58. The van der Waals surface area contributed by atoms with Crippen molar-refractivity contribution in [3.63, 3.8) is 0 Å². The first-order valence-corrected chi connectivity index (χ1v) is 14.4. The van der Waals surface area contributed by atoms with Crippen molar-refractivity contribution < 1.29 is 23.9 Å². The van der Waals surface area contributed by atoms with Crippen molar-refractivity contribution >= 4 is 17.7 Å². The molecule has 2 aromatic carbocycles. The largest absolute Gasteiger partial charge is 0.451 e. The second kappa shape index (κ2) is 13.3. The van der Waals surface area contributed by atoms with Gasteiger partial charge in [-0.15, -0.1) is 0 Å². The Balaban J connectivity index is 1.60. The Bertz CT molecular complexity index is 1230. The molecule has 3 amide bonds. The summed E-state index contributed by atoms with van der Waals surface area (Å²) in [5.41, 5.74) is 6.03. The maximum Gasteiger partial charge on any atom is 0.287 e. The Morgan fingerprint density at radius 1 is 1.05 bits per heavy atom. The SMILES string of the molecule is CCN(CC1=C(Oc2ccccc2)C(=O)NC12CCCCC2)C(=O)[C@@H](COCc1ccccc1)NC(=O)C(C)(C)N. The van der Waals surface area contributed by atoms with Crippen molar-refractivity contribution in [2.75, 3.05) is 19.7 Å². The first-order valence-electron chi connectivity index (χ1n) is 14.4. The van der Waals surface area contributed by atoms with Crippen LogP contribution in [0.15, 0.2) is 72.0 Å². The van der Waals surface area contributed by atoms with Crippen LogP contribution in [0.1, 0.15) is 58.4 Å². The summed E-state index contributed by atoms with van der Waals surface area (Å²) in [7, 11) is 0. The molecule has 9 nitrogen and oxygen atoms in total. The van der Waals surface area contributed by atoms with Gasteiger partial charge in [-0.2, -0.15) is 0 Å². The van der Waals surface area contributed by atoms with Gasteiger partial charge in [0.05, 0.1) is 24.3 Å². The molecule has 1 heterocycles. The highest BCUT2D eigenvalue weighted by Gasteiger charge is 2.47. The van der Waals surface area contributed by atoms with Crippen molar-refractivity contribution in [2.24, 2.45) is 5.73 Å². The molecule has 41 heavy (non-hydrogen) atoms. The van der Waals surface area contributed by atoms with Crippen LogP contribution in [0, 0.1) is 0 Å². The molecule has 2 aliphatic rings. The Morgan fingerprint density at radius 2 is 1.68 bits per heavy atom. The number of ether oxygens (including phenoxy) is 2. The molecule has 1 fully saturated rings. The molecule has 4 rings (SSSR count). The number of para-hydroxylation sites is 1.